The standard InChI is InChI=1S/C13H17N3O/c1-9-4-5-11-13(15-9)16-12(17-11)7-10-3-2-6-14-8-10/h4-5,10,14H,2-3,6-8H2,1H3. The number of rotatable bonds is 2. The van der Waals surface area contributed by atoms with Crippen molar-refractivity contribution in [3.05, 3.63) is 23.7 Å². The molecule has 3 heterocycles. The zero-order valence-electron chi connectivity index (χ0n) is 10.1. The second-order valence-corrected chi connectivity index (χ2v) is 4.80. The third kappa shape index (κ3) is 2.31. The maximum absolute atomic E-state index is 5.72. The van der Waals surface area contributed by atoms with Gasteiger partial charge in [0.05, 0.1) is 0 Å². The van der Waals surface area contributed by atoms with Crippen LogP contribution in [0.3, 0.4) is 0 Å². The summed E-state index contributed by atoms with van der Waals surface area (Å²) in [6, 6.07) is 3.91. The van der Waals surface area contributed by atoms with Crippen LogP contribution in [0.1, 0.15) is 24.4 Å². The van der Waals surface area contributed by atoms with Crippen LogP contribution in [-0.4, -0.2) is 23.1 Å². The van der Waals surface area contributed by atoms with Gasteiger partial charge < -0.3 is 9.73 Å². The second-order valence-electron chi connectivity index (χ2n) is 4.80. The molecule has 1 atom stereocenters. The van der Waals surface area contributed by atoms with Crippen molar-refractivity contribution in [3.8, 4) is 0 Å². The van der Waals surface area contributed by atoms with E-state index in [4.69, 9.17) is 4.42 Å². The van der Waals surface area contributed by atoms with Crippen LogP contribution < -0.4 is 5.32 Å². The number of nitrogens with zero attached hydrogens (tertiary/aromatic N) is 2. The van der Waals surface area contributed by atoms with E-state index >= 15 is 0 Å². The molecule has 0 bridgehead atoms. The van der Waals surface area contributed by atoms with Gasteiger partial charge in [0, 0.05) is 12.1 Å². The number of fused-ring (bicyclic) bond motifs is 1. The van der Waals surface area contributed by atoms with Crippen LogP contribution in [-0.2, 0) is 6.42 Å². The Morgan fingerprint density at radius 2 is 2.35 bits per heavy atom. The maximum atomic E-state index is 5.72. The zero-order valence-corrected chi connectivity index (χ0v) is 10.1. The van der Waals surface area contributed by atoms with Crippen LogP contribution in [0.15, 0.2) is 16.5 Å². The van der Waals surface area contributed by atoms with E-state index in [1.54, 1.807) is 0 Å². The smallest absolute Gasteiger partial charge is 0.199 e. The Morgan fingerprint density at radius 3 is 3.18 bits per heavy atom. The molecule has 0 aromatic carbocycles. The summed E-state index contributed by atoms with van der Waals surface area (Å²) in [6.45, 7) is 4.19. The molecule has 4 nitrogen and oxygen atoms in total. The second kappa shape index (κ2) is 4.45. The molecule has 0 saturated carbocycles. The fourth-order valence-electron chi connectivity index (χ4n) is 2.39. The molecule has 2 aromatic rings. The van der Waals surface area contributed by atoms with Gasteiger partial charge >= 0.3 is 0 Å². The first kappa shape index (κ1) is 10.7. The van der Waals surface area contributed by atoms with Crippen molar-refractivity contribution in [2.75, 3.05) is 13.1 Å². The first-order valence-electron chi connectivity index (χ1n) is 6.25. The minimum Gasteiger partial charge on any atom is -0.439 e. The lowest BCUT2D eigenvalue weighted by molar-refractivity contribution is 0.349. The molecule has 1 unspecified atom stereocenters. The zero-order chi connectivity index (χ0) is 11.7. The van der Waals surface area contributed by atoms with Crippen molar-refractivity contribution >= 4 is 11.2 Å². The van der Waals surface area contributed by atoms with Crippen LogP contribution in [0, 0.1) is 12.8 Å². The predicted octanol–water partition coefficient (Wildman–Crippen LogP) is 2.07. The lowest BCUT2D eigenvalue weighted by Gasteiger charge is -2.20. The van der Waals surface area contributed by atoms with Gasteiger partial charge in [-0.3, -0.25) is 0 Å². The fourth-order valence-corrected chi connectivity index (χ4v) is 2.39. The Hall–Kier alpha value is -1.42. The van der Waals surface area contributed by atoms with Gasteiger partial charge in [0.2, 0.25) is 0 Å². The Morgan fingerprint density at radius 1 is 1.41 bits per heavy atom. The van der Waals surface area contributed by atoms with Crippen molar-refractivity contribution in [2.45, 2.75) is 26.2 Å². The molecule has 1 aliphatic rings. The van der Waals surface area contributed by atoms with E-state index in [0.717, 1.165) is 42.3 Å². The molecule has 3 rings (SSSR count). The van der Waals surface area contributed by atoms with Crippen molar-refractivity contribution < 1.29 is 4.42 Å². The summed E-state index contributed by atoms with van der Waals surface area (Å²) < 4.78 is 5.72. The summed E-state index contributed by atoms with van der Waals surface area (Å²) in [7, 11) is 0. The van der Waals surface area contributed by atoms with Crippen LogP contribution in [0.5, 0.6) is 0 Å². The van der Waals surface area contributed by atoms with Gasteiger partial charge in [-0.2, -0.15) is 4.98 Å². The number of aryl methyl sites for hydroxylation is 1. The van der Waals surface area contributed by atoms with Crippen molar-refractivity contribution in [1.29, 1.82) is 0 Å². The number of pyridine rings is 1. The highest BCUT2D eigenvalue weighted by Gasteiger charge is 2.17. The Kier molecular flexibility index (Phi) is 2.81. The predicted molar refractivity (Wildman–Crippen MR) is 65.8 cm³/mol. The lowest BCUT2D eigenvalue weighted by Crippen LogP contribution is -2.30. The van der Waals surface area contributed by atoms with Gasteiger partial charge in [0.25, 0.3) is 0 Å². The van der Waals surface area contributed by atoms with Gasteiger partial charge in [-0.25, -0.2) is 4.98 Å². The van der Waals surface area contributed by atoms with Gasteiger partial charge in [-0.15, -0.1) is 0 Å². The van der Waals surface area contributed by atoms with E-state index in [-0.39, 0.29) is 0 Å². The molecule has 2 aromatic heterocycles. The van der Waals surface area contributed by atoms with Crippen molar-refractivity contribution in [2.24, 2.45) is 5.92 Å². The van der Waals surface area contributed by atoms with Crippen molar-refractivity contribution in [1.82, 2.24) is 15.3 Å². The minimum absolute atomic E-state index is 0.651. The minimum atomic E-state index is 0.651. The summed E-state index contributed by atoms with van der Waals surface area (Å²) in [5, 5.41) is 3.41. The van der Waals surface area contributed by atoms with E-state index in [1.165, 1.54) is 12.8 Å². The molecule has 0 spiro atoms. The highest BCUT2D eigenvalue weighted by Crippen LogP contribution is 2.19. The molecule has 17 heavy (non-hydrogen) atoms. The van der Waals surface area contributed by atoms with E-state index in [9.17, 15) is 0 Å². The molecule has 1 fully saturated rings. The summed E-state index contributed by atoms with van der Waals surface area (Å²) in [6.07, 6.45) is 3.43. The Balaban J connectivity index is 1.80. The third-order valence-corrected chi connectivity index (χ3v) is 3.30. The molecule has 1 aliphatic heterocycles. The summed E-state index contributed by atoms with van der Waals surface area (Å²) in [5.41, 5.74) is 2.52. The van der Waals surface area contributed by atoms with Crippen LogP contribution in [0.4, 0.5) is 0 Å². The van der Waals surface area contributed by atoms with E-state index in [0.29, 0.717) is 5.92 Å². The molecule has 1 saturated heterocycles. The van der Waals surface area contributed by atoms with E-state index < -0.39 is 0 Å². The average molecular weight is 231 g/mol. The third-order valence-electron chi connectivity index (χ3n) is 3.30. The van der Waals surface area contributed by atoms with Crippen LogP contribution >= 0.6 is 0 Å². The molecule has 0 radical (unpaired) electrons. The molecule has 4 heteroatoms. The normalized spacial score (nSPS) is 20.9. The number of aromatic nitrogens is 2. The number of piperidine rings is 1. The number of hydrogen-bond donors (Lipinski definition) is 1. The number of nitrogens with one attached hydrogen (secondary N) is 1. The largest absolute Gasteiger partial charge is 0.439 e. The fraction of sp³-hybridized carbons (Fsp3) is 0.538. The highest BCUT2D eigenvalue weighted by molar-refractivity contribution is 5.67. The first-order valence-corrected chi connectivity index (χ1v) is 6.25. The summed E-state index contributed by atoms with van der Waals surface area (Å²) in [4.78, 5) is 8.83. The van der Waals surface area contributed by atoms with Gasteiger partial charge in [-0.1, -0.05) is 0 Å². The van der Waals surface area contributed by atoms with Crippen LogP contribution in [0.25, 0.3) is 11.2 Å². The summed E-state index contributed by atoms with van der Waals surface area (Å²) >= 11 is 0. The molecule has 90 valence electrons. The van der Waals surface area contributed by atoms with Crippen molar-refractivity contribution in [3.63, 3.8) is 0 Å². The number of oxazole rings is 1. The molecule has 0 aliphatic carbocycles. The quantitative estimate of drug-likeness (QED) is 0.859. The highest BCUT2D eigenvalue weighted by atomic mass is 16.3. The van der Waals surface area contributed by atoms with E-state index in [1.807, 2.05) is 19.1 Å². The number of hydrogen-bond acceptors (Lipinski definition) is 4. The molecular weight excluding hydrogens is 214 g/mol. The monoisotopic (exact) mass is 231 g/mol. The maximum Gasteiger partial charge on any atom is 0.199 e. The molecule has 0 amide bonds. The average Bonchev–Trinajstić information content (AvgIpc) is 2.71. The Labute approximate surface area is 100 Å². The van der Waals surface area contributed by atoms with Crippen LogP contribution in [0.2, 0.25) is 0 Å². The lowest BCUT2D eigenvalue weighted by atomic mass is 9.96. The first-order chi connectivity index (χ1) is 8.31. The molecule has 1 N–H and O–H groups in total. The topological polar surface area (TPSA) is 51.0 Å². The van der Waals surface area contributed by atoms with Gasteiger partial charge in [-0.05, 0) is 50.9 Å². The van der Waals surface area contributed by atoms with Gasteiger partial charge in [0.15, 0.2) is 17.1 Å². The SMILES string of the molecule is Cc1ccc2oc(CC3CCCNC3)nc2n1. The van der Waals surface area contributed by atoms with E-state index in [2.05, 4.69) is 15.3 Å². The summed E-state index contributed by atoms with van der Waals surface area (Å²) in [5.74, 6) is 1.48. The molecular formula is C13H17N3O. The Bertz CT molecular complexity index is 514. The van der Waals surface area contributed by atoms with Gasteiger partial charge in [0.1, 0.15) is 0 Å².